The van der Waals surface area contributed by atoms with Gasteiger partial charge in [0.1, 0.15) is 5.82 Å². The summed E-state index contributed by atoms with van der Waals surface area (Å²) in [5.41, 5.74) is 1.07. The molecule has 0 spiro atoms. The predicted molar refractivity (Wildman–Crippen MR) is 106 cm³/mol. The van der Waals surface area contributed by atoms with Crippen LogP contribution in [0.2, 0.25) is 0 Å². The molecule has 10 heteroatoms. The predicted octanol–water partition coefficient (Wildman–Crippen LogP) is 3.23. The van der Waals surface area contributed by atoms with Crippen LogP contribution in [0.3, 0.4) is 0 Å². The van der Waals surface area contributed by atoms with Crippen molar-refractivity contribution in [2.75, 3.05) is 15.4 Å². The Morgan fingerprint density at radius 3 is 2.26 bits per heavy atom. The zero-order valence-electron chi connectivity index (χ0n) is 13.8. The van der Waals surface area contributed by atoms with E-state index in [1.54, 1.807) is 30.3 Å². The van der Waals surface area contributed by atoms with Gasteiger partial charge in [-0.2, -0.15) is 0 Å². The van der Waals surface area contributed by atoms with E-state index >= 15 is 0 Å². The van der Waals surface area contributed by atoms with E-state index < -0.39 is 10.0 Å². The van der Waals surface area contributed by atoms with Crippen molar-refractivity contribution in [1.82, 2.24) is 9.97 Å². The normalized spacial score (nSPS) is 10.9. The Morgan fingerprint density at radius 2 is 1.59 bits per heavy atom. The maximum absolute atomic E-state index is 13.2. The Hall–Kier alpha value is -3.11. The van der Waals surface area contributed by atoms with Crippen LogP contribution >= 0.6 is 12.2 Å². The molecule has 0 bridgehead atoms. The molecule has 2 aromatic carbocycles. The Morgan fingerprint density at radius 1 is 0.926 bits per heavy atom. The number of anilines is 3. The third-order valence-corrected chi connectivity index (χ3v) is 4.84. The minimum absolute atomic E-state index is 0.0137. The second-order valence-corrected chi connectivity index (χ2v) is 7.38. The summed E-state index contributed by atoms with van der Waals surface area (Å²) in [5.74, 6) is -0.396. The molecular formula is C17H14FN5O2S2. The SMILES string of the molecule is O=S(=O)(Nc1ncccn1)c1ccc(NC(=S)Nc2cccc(F)c2)cc1. The van der Waals surface area contributed by atoms with Gasteiger partial charge in [0.25, 0.3) is 10.0 Å². The van der Waals surface area contributed by atoms with Crippen LogP contribution < -0.4 is 15.4 Å². The number of nitrogens with zero attached hydrogens (tertiary/aromatic N) is 2. The molecular weight excluding hydrogens is 389 g/mol. The monoisotopic (exact) mass is 403 g/mol. The van der Waals surface area contributed by atoms with E-state index in [4.69, 9.17) is 12.2 Å². The Kier molecular flexibility index (Phi) is 5.57. The summed E-state index contributed by atoms with van der Waals surface area (Å²) >= 11 is 5.16. The first-order chi connectivity index (χ1) is 12.9. The summed E-state index contributed by atoms with van der Waals surface area (Å²) in [5, 5.41) is 5.98. The molecule has 3 aromatic rings. The minimum Gasteiger partial charge on any atom is -0.332 e. The maximum Gasteiger partial charge on any atom is 0.264 e. The highest BCUT2D eigenvalue weighted by Crippen LogP contribution is 2.17. The number of hydrogen-bond donors (Lipinski definition) is 3. The molecule has 7 nitrogen and oxygen atoms in total. The molecule has 0 saturated carbocycles. The van der Waals surface area contributed by atoms with Crippen LogP contribution in [-0.4, -0.2) is 23.5 Å². The molecule has 138 valence electrons. The lowest BCUT2D eigenvalue weighted by molar-refractivity contribution is 0.601. The molecule has 0 radical (unpaired) electrons. The summed E-state index contributed by atoms with van der Waals surface area (Å²) in [6.45, 7) is 0. The molecule has 0 atom stereocenters. The lowest BCUT2D eigenvalue weighted by Gasteiger charge is -2.11. The van der Waals surface area contributed by atoms with Crippen molar-refractivity contribution in [3.63, 3.8) is 0 Å². The van der Waals surface area contributed by atoms with Gasteiger partial charge >= 0.3 is 0 Å². The van der Waals surface area contributed by atoms with Crippen LogP contribution in [0.4, 0.5) is 21.7 Å². The molecule has 3 rings (SSSR count). The van der Waals surface area contributed by atoms with Crippen LogP contribution in [0.5, 0.6) is 0 Å². The Balaban J connectivity index is 1.65. The number of nitrogens with one attached hydrogen (secondary N) is 3. The number of hydrogen-bond acceptors (Lipinski definition) is 5. The van der Waals surface area contributed by atoms with Crippen molar-refractivity contribution in [2.45, 2.75) is 4.90 Å². The fourth-order valence-electron chi connectivity index (χ4n) is 2.11. The number of rotatable bonds is 5. The Labute approximate surface area is 160 Å². The number of sulfonamides is 1. The van der Waals surface area contributed by atoms with Crippen LogP contribution in [0.1, 0.15) is 0 Å². The van der Waals surface area contributed by atoms with E-state index in [9.17, 15) is 12.8 Å². The van der Waals surface area contributed by atoms with E-state index in [1.165, 1.54) is 36.7 Å². The van der Waals surface area contributed by atoms with Gasteiger partial charge in [-0.15, -0.1) is 0 Å². The third-order valence-electron chi connectivity index (χ3n) is 3.30. The first-order valence-electron chi connectivity index (χ1n) is 7.66. The number of aromatic nitrogens is 2. The zero-order chi connectivity index (χ0) is 19.3. The lowest BCUT2D eigenvalue weighted by atomic mass is 10.3. The van der Waals surface area contributed by atoms with E-state index in [1.807, 2.05) is 0 Å². The van der Waals surface area contributed by atoms with Gasteiger partial charge in [-0.05, 0) is 60.7 Å². The first kappa shape index (κ1) is 18.7. The van der Waals surface area contributed by atoms with Crippen LogP contribution in [0, 0.1) is 5.82 Å². The molecule has 0 aliphatic rings. The number of benzene rings is 2. The van der Waals surface area contributed by atoms with Gasteiger partial charge in [0.05, 0.1) is 4.90 Å². The smallest absolute Gasteiger partial charge is 0.264 e. The molecule has 3 N–H and O–H groups in total. The first-order valence-corrected chi connectivity index (χ1v) is 9.55. The molecule has 0 aliphatic carbocycles. The summed E-state index contributed by atoms with van der Waals surface area (Å²) in [6, 6.07) is 13.4. The topological polar surface area (TPSA) is 96.0 Å². The quantitative estimate of drug-likeness (QED) is 0.563. The molecule has 27 heavy (non-hydrogen) atoms. The summed E-state index contributed by atoms with van der Waals surface area (Å²) in [6.07, 6.45) is 2.87. The maximum atomic E-state index is 13.2. The number of thiocarbonyl (C=S) groups is 1. The number of halogens is 1. The summed E-state index contributed by atoms with van der Waals surface area (Å²) in [7, 11) is -3.80. The van der Waals surface area contributed by atoms with E-state index in [0.29, 0.717) is 11.4 Å². The fraction of sp³-hybridized carbons (Fsp3) is 0. The highest BCUT2D eigenvalue weighted by molar-refractivity contribution is 7.92. The fourth-order valence-corrected chi connectivity index (χ4v) is 3.30. The molecule has 0 fully saturated rings. The minimum atomic E-state index is -3.80. The molecule has 0 aliphatic heterocycles. The highest BCUT2D eigenvalue weighted by atomic mass is 32.2. The highest BCUT2D eigenvalue weighted by Gasteiger charge is 2.15. The molecule has 0 unspecified atom stereocenters. The van der Waals surface area contributed by atoms with E-state index in [2.05, 4.69) is 25.3 Å². The molecule has 0 saturated heterocycles. The van der Waals surface area contributed by atoms with Gasteiger partial charge in [-0.1, -0.05) is 6.07 Å². The van der Waals surface area contributed by atoms with Gasteiger partial charge in [0.2, 0.25) is 5.95 Å². The zero-order valence-corrected chi connectivity index (χ0v) is 15.4. The summed E-state index contributed by atoms with van der Waals surface area (Å²) < 4.78 is 40.1. The third kappa shape index (κ3) is 5.19. The van der Waals surface area contributed by atoms with Gasteiger partial charge in [-0.25, -0.2) is 27.5 Å². The van der Waals surface area contributed by atoms with Crippen molar-refractivity contribution in [1.29, 1.82) is 0 Å². The van der Waals surface area contributed by atoms with E-state index in [-0.39, 0.29) is 21.8 Å². The van der Waals surface area contributed by atoms with Crippen molar-refractivity contribution in [3.8, 4) is 0 Å². The van der Waals surface area contributed by atoms with Crippen LogP contribution in [-0.2, 0) is 10.0 Å². The van der Waals surface area contributed by atoms with E-state index in [0.717, 1.165) is 0 Å². The van der Waals surface area contributed by atoms with Gasteiger partial charge in [-0.3, -0.25) is 0 Å². The molecule has 0 amide bonds. The van der Waals surface area contributed by atoms with Crippen molar-refractivity contribution >= 4 is 44.7 Å². The van der Waals surface area contributed by atoms with Crippen molar-refractivity contribution < 1.29 is 12.8 Å². The second-order valence-electron chi connectivity index (χ2n) is 5.29. The average molecular weight is 403 g/mol. The average Bonchev–Trinajstić information content (AvgIpc) is 2.62. The van der Waals surface area contributed by atoms with Crippen LogP contribution in [0.25, 0.3) is 0 Å². The molecule has 1 aromatic heterocycles. The Bertz CT molecular complexity index is 1040. The lowest BCUT2D eigenvalue weighted by Crippen LogP contribution is -2.19. The summed E-state index contributed by atoms with van der Waals surface area (Å²) in [4.78, 5) is 7.70. The second kappa shape index (κ2) is 8.06. The molecule has 1 heterocycles. The van der Waals surface area contributed by atoms with Gasteiger partial charge in [0.15, 0.2) is 5.11 Å². The standard InChI is InChI=1S/C17H14FN5O2S2/c18-12-3-1-4-14(11-12)22-17(26)21-13-5-7-15(8-6-13)27(24,25)23-16-19-9-2-10-20-16/h1-11H,(H,19,20,23)(H2,21,22,26). The van der Waals surface area contributed by atoms with Gasteiger partial charge < -0.3 is 10.6 Å². The van der Waals surface area contributed by atoms with Crippen molar-refractivity contribution in [3.05, 3.63) is 72.8 Å². The van der Waals surface area contributed by atoms with Crippen molar-refractivity contribution in [2.24, 2.45) is 0 Å². The van der Waals surface area contributed by atoms with Gasteiger partial charge in [0, 0.05) is 23.8 Å². The largest absolute Gasteiger partial charge is 0.332 e. The van der Waals surface area contributed by atoms with Crippen LogP contribution in [0.15, 0.2) is 71.9 Å².